The molecule has 4 rings (SSSR count). The summed E-state index contributed by atoms with van der Waals surface area (Å²) in [5.41, 5.74) is 5.07. The minimum Gasteiger partial charge on any atom is -0.355 e. The van der Waals surface area contributed by atoms with Gasteiger partial charge in [-0.05, 0) is 67.4 Å². The lowest BCUT2D eigenvalue weighted by molar-refractivity contribution is 0.102. The second-order valence-corrected chi connectivity index (χ2v) is 8.56. The van der Waals surface area contributed by atoms with Crippen molar-refractivity contribution in [1.82, 2.24) is 4.90 Å². The molecule has 164 valence electrons. The number of nitrogens with one attached hydrogen (secondary N) is 2. The highest BCUT2D eigenvalue weighted by Gasteiger charge is 2.11. The minimum atomic E-state index is -0.201. The summed E-state index contributed by atoms with van der Waals surface area (Å²) in [5, 5.41) is 6.68. The van der Waals surface area contributed by atoms with Crippen LogP contribution in [0.25, 0.3) is 5.70 Å². The van der Waals surface area contributed by atoms with E-state index in [9.17, 15) is 4.79 Å². The Hall–Kier alpha value is -3.08. The van der Waals surface area contributed by atoms with Crippen LogP contribution in [-0.2, 0) is 6.54 Å². The highest BCUT2D eigenvalue weighted by molar-refractivity contribution is 6.34. The third kappa shape index (κ3) is 5.78. The second kappa shape index (κ2) is 10.5. The molecule has 0 bridgehead atoms. The third-order valence-electron chi connectivity index (χ3n) is 5.70. The molecule has 0 saturated carbocycles. The van der Waals surface area contributed by atoms with E-state index >= 15 is 0 Å². The van der Waals surface area contributed by atoms with Crippen LogP contribution in [0.1, 0.15) is 40.7 Å². The molecule has 0 atom stereocenters. The van der Waals surface area contributed by atoms with Crippen molar-refractivity contribution in [2.24, 2.45) is 0 Å². The fourth-order valence-corrected chi connectivity index (χ4v) is 4.08. The zero-order valence-electron chi connectivity index (χ0n) is 18.1. The van der Waals surface area contributed by atoms with Gasteiger partial charge in [-0.1, -0.05) is 67.1 Å². The van der Waals surface area contributed by atoms with Crippen LogP contribution in [0.5, 0.6) is 0 Å². The monoisotopic (exact) mass is 445 g/mol. The van der Waals surface area contributed by atoms with Crippen molar-refractivity contribution in [3.05, 3.63) is 101 Å². The molecule has 1 amide bonds. The van der Waals surface area contributed by atoms with Gasteiger partial charge >= 0.3 is 0 Å². The first-order chi connectivity index (χ1) is 15.6. The minimum absolute atomic E-state index is 0.201. The predicted octanol–water partition coefficient (Wildman–Crippen LogP) is 6.66. The fraction of sp³-hybridized carbons (Fsp3) is 0.222. The zero-order valence-corrected chi connectivity index (χ0v) is 18.9. The van der Waals surface area contributed by atoms with Crippen molar-refractivity contribution >= 4 is 34.6 Å². The average molecular weight is 446 g/mol. The zero-order chi connectivity index (χ0) is 22.3. The van der Waals surface area contributed by atoms with E-state index in [-0.39, 0.29) is 5.91 Å². The van der Waals surface area contributed by atoms with Gasteiger partial charge < -0.3 is 10.6 Å². The Morgan fingerprint density at radius 3 is 2.31 bits per heavy atom. The number of nitrogens with zero attached hydrogens (tertiary/aromatic N) is 1. The Bertz CT molecular complexity index is 1070. The van der Waals surface area contributed by atoms with Crippen molar-refractivity contribution in [3.63, 3.8) is 0 Å². The average Bonchev–Trinajstić information content (AvgIpc) is 2.83. The van der Waals surface area contributed by atoms with Crippen molar-refractivity contribution in [2.45, 2.75) is 25.8 Å². The standard InChI is InChI=1S/C27H28ClN3O/c1-20(22-12-10-21(11-13-22)19-31-16-6-3-7-17-31)29-24-14-15-25(28)26(18-24)30-27(32)23-8-4-2-5-9-23/h2,4-5,8-15,18,29H,1,3,6-7,16-17,19H2,(H,30,32). The lowest BCUT2D eigenvalue weighted by atomic mass is 10.1. The van der Waals surface area contributed by atoms with E-state index in [0.717, 1.165) is 23.5 Å². The molecule has 5 heteroatoms. The Morgan fingerprint density at radius 1 is 0.875 bits per heavy atom. The third-order valence-corrected chi connectivity index (χ3v) is 6.03. The first-order valence-corrected chi connectivity index (χ1v) is 11.4. The van der Waals surface area contributed by atoms with Crippen LogP contribution >= 0.6 is 11.6 Å². The molecule has 1 aliphatic heterocycles. The number of likely N-dealkylation sites (tertiary alicyclic amines) is 1. The Balaban J connectivity index is 1.39. The van der Waals surface area contributed by atoms with E-state index in [4.69, 9.17) is 11.6 Å². The maximum atomic E-state index is 12.5. The summed E-state index contributed by atoms with van der Waals surface area (Å²) in [5.74, 6) is -0.201. The summed E-state index contributed by atoms with van der Waals surface area (Å²) in [7, 11) is 0. The maximum Gasteiger partial charge on any atom is 0.255 e. The number of benzene rings is 3. The van der Waals surface area contributed by atoms with E-state index in [2.05, 4.69) is 46.4 Å². The van der Waals surface area contributed by atoms with Gasteiger partial charge in [0, 0.05) is 23.5 Å². The van der Waals surface area contributed by atoms with Gasteiger partial charge in [0.15, 0.2) is 0 Å². The van der Waals surface area contributed by atoms with Crippen molar-refractivity contribution in [3.8, 4) is 0 Å². The SMILES string of the molecule is C=C(Nc1ccc(Cl)c(NC(=O)c2ccccc2)c1)c1ccc(CN2CCCCC2)cc1. The summed E-state index contributed by atoms with van der Waals surface area (Å²) >= 11 is 6.31. The normalized spacial score (nSPS) is 14.0. The number of hydrogen-bond donors (Lipinski definition) is 2. The van der Waals surface area contributed by atoms with Gasteiger partial charge in [0.1, 0.15) is 0 Å². The predicted molar refractivity (Wildman–Crippen MR) is 134 cm³/mol. The molecule has 0 aliphatic carbocycles. The number of amides is 1. The maximum absolute atomic E-state index is 12.5. The molecule has 1 aliphatic rings. The molecule has 1 heterocycles. The van der Waals surface area contributed by atoms with Gasteiger partial charge in [-0.15, -0.1) is 0 Å². The molecule has 32 heavy (non-hydrogen) atoms. The second-order valence-electron chi connectivity index (χ2n) is 8.15. The van der Waals surface area contributed by atoms with Crippen molar-refractivity contribution in [2.75, 3.05) is 23.7 Å². The van der Waals surface area contributed by atoms with Crippen molar-refractivity contribution in [1.29, 1.82) is 0 Å². The molecule has 1 fully saturated rings. The Labute approximate surface area is 194 Å². The first-order valence-electron chi connectivity index (χ1n) is 11.0. The highest BCUT2D eigenvalue weighted by atomic mass is 35.5. The van der Waals surface area contributed by atoms with Crippen LogP contribution in [-0.4, -0.2) is 23.9 Å². The number of carbonyl (C=O) groups excluding carboxylic acids is 1. The van der Waals surface area contributed by atoms with E-state index in [1.54, 1.807) is 18.2 Å². The molecule has 2 N–H and O–H groups in total. The van der Waals surface area contributed by atoms with Gasteiger partial charge in [0.05, 0.1) is 10.7 Å². The van der Waals surface area contributed by atoms with Crippen LogP contribution < -0.4 is 10.6 Å². The summed E-state index contributed by atoms with van der Waals surface area (Å²) in [4.78, 5) is 15.0. The van der Waals surface area contributed by atoms with Gasteiger partial charge in [-0.2, -0.15) is 0 Å². The molecule has 3 aromatic carbocycles. The topological polar surface area (TPSA) is 44.4 Å². The summed E-state index contributed by atoms with van der Waals surface area (Å²) in [6, 6.07) is 23.1. The molecule has 3 aromatic rings. The number of anilines is 2. The number of hydrogen-bond acceptors (Lipinski definition) is 3. The van der Waals surface area contributed by atoms with Gasteiger partial charge in [-0.25, -0.2) is 0 Å². The molecule has 4 nitrogen and oxygen atoms in total. The summed E-state index contributed by atoms with van der Waals surface area (Å²) in [6.45, 7) is 7.57. The summed E-state index contributed by atoms with van der Waals surface area (Å²) < 4.78 is 0. The van der Waals surface area contributed by atoms with Crippen LogP contribution in [0, 0.1) is 0 Å². The molecule has 1 saturated heterocycles. The van der Waals surface area contributed by atoms with Crippen LogP contribution in [0.4, 0.5) is 11.4 Å². The highest BCUT2D eigenvalue weighted by Crippen LogP contribution is 2.28. The molecule has 0 spiro atoms. The largest absolute Gasteiger partial charge is 0.355 e. The first kappa shape index (κ1) is 22.1. The fourth-order valence-electron chi connectivity index (χ4n) is 3.92. The molecule has 0 radical (unpaired) electrons. The number of halogens is 1. The van der Waals surface area contributed by atoms with Crippen LogP contribution in [0.3, 0.4) is 0 Å². The van der Waals surface area contributed by atoms with Gasteiger partial charge in [0.2, 0.25) is 0 Å². The van der Waals surface area contributed by atoms with E-state index in [0.29, 0.717) is 16.3 Å². The number of rotatable bonds is 7. The quantitative estimate of drug-likeness (QED) is 0.427. The molecular weight excluding hydrogens is 418 g/mol. The summed E-state index contributed by atoms with van der Waals surface area (Å²) in [6.07, 6.45) is 3.95. The van der Waals surface area contributed by atoms with E-state index in [1.165, 1.54) is 37.9 Å². The lowest BCUT2D eigenvalue weighted by Crippen LogP contribution is -2.29. The van der Waals surface area contributed by atoms with Gasteiger partial charge in [-0.3, -0.25) is 9.69 Å². The molecular formula is C27H28ClN3O. The molecule has 0 unspecified atom stereocenters. The number of piperidine rings is 1. The van der Waals surface area contributed by atoms with Crippen LogP contribution in [0.15, 0.2) is 79.4 Å². The van der Waals surface area contributed by atoms with Crippen molar-refractivity contribution < 1.29 is 4.79 Å². The van der Waals surface area contributed by atoms with Crippen LogP contribution in [0.2, 0.25) is 5.02 Å². The lowest BCUT2D eigenvalue weighted by Gasteiger charge is -2.26. The van der Waals surface area contributed by atoms with E-state index in [1.807, 2.05) is 30.3 Å². The Kier molecular flexibility index (Phi) is 7.25. The number of carbonyl (C=O) groups is 1. The Morgan fingerprint density at radius 2 is 1.59 bits per heavy atom. The smallest absolute Gasteiger partial charge is 0.255 e. The molecule has 0 aromatic heterocycles. The van der Waals surface area contributed by atoms with Gasteiger partial charge in [0.25, 0.3) is 5.91 Å². The van der Waals surface area contributed by atoms with E-state index < -0.39 is 0 Å².